The van der Waals surface area contributed by atoms with Gasteiger partial charge in [0.15, 0.2) is 0 Å². The lowest BCUT2D eigenvalue weighted by atomic mass is 10.1. The Balaban J connectivity index is 1.59. The van der Waals surface area contributed by atoms with Crippen LogP contribution in [0.2, 0.25) is 0 Å². The molecule has 1 aromatic rings. The van der Waals surface area contributed by atoms with E-state index in [4.69, 9.17) is 5.11 Å². The number of rotatable bonds is 5. The number of benzene rings is 1. The lowest BCUT2D eigenvalue weighted by molar-refractivity contribution is -0.136. The van der Waals surface area contributed by atoms with E-state index in [2.05, 4.69) is 5.32 Å². The van der Waals surface area contributed by atoms with Crippen molar-refractivity contribution in [3.8, 4) is 0 Å². The number of amides is 1. The topological polar surface area (TPSA) is 66.4 Å². The van der Waals surface area contributed by atoms with Crippen molar-refractivity contribution >= 4 is 17.6 Å². The van der Waals surface area contributed by atoms with Crippen LogP contribution in [0.3, 0.4) is 0 Å². The van der Waals surface area contributed by atoms with Crippen molar-refractivity contribution in [3.63, 3.8) is 0 Å². The van der Waals surface area contributed by atoms with E-state index in [0.29, 0.717) is 17.2 Å². The molecule has 4 nitrogen and oxygen atoms in total. The largest absolute Gasteiger partial charge is 0.481 e. The van der Waals surface area contributed by atoms with Gasteiger partial charge in [-0.05, 0) is 48.8 Å². The van der Waals surface area contributed by atoms with Crippen molar-refractivity contribution in [2.24, 2.45) is 17.8 Å². The minimum absolute atomic E-state index is 0.0160. The summed E-state index contributed by atoms with van der Waals surface area (Å²) in [6.45, 7) is 0. The third kappa shape index (κ3) is 2.95. The fraction of sp³-hybridized carbons (Fsp3) is 0.467. The summed E-state index contributed by atoms with van der Waals surface area (Å²) in [5, 5.41) is 11.7. The van der Waals surface area contributed by atoms with Gasteiger partial charge in [0.25, 0.3) is 0 Å². The van der Waals surface area contributed by atoms with Crippen molar-refractivity contribution in [2.45, 2.75) is 25.7 Å². The Bertz CT molecular complexity index is 522. The molecule has 2 N–H and O–H groups in total. The van der Waals surface area contributed by atoms with Crippen LogP contribution in [0.15, 0.2) is 24.3 Å². The molecule has 0 aliphatic heterocycles. The van der Waals surface area contributed by atoms with E-state index in [1.807, 2.05) is 0 Å². The third-order valence-electron chi connectivity index (χ3n) is 3.95. The Hall–Kier alpha value is -1.84. The van der Waals surface area contributed by atoms with Gasteiger partial charge in [-0.2, -0.15) is 0 Å². The number of carbonyl (C=O) groups excluding carboxylic acids is 1. The third-order valence-corrected chi connectivity index (χ3v) is 3.95. The number of carboxylic acid groups (broad SMARTS) is 1. The average Bonchev–Trinajstić information content (AvgIpc) is 3.21. The summed E-state index contributed by atoms with van der Waals surface area (Å²) in [6, 6.07) is 7.07. The molecule has 0 saturated heterocycles. The summed E-state index contributed by atoms with van der Waals surface area (Å²) >= 11 is 0. The monoisotopic (exact) mass is 259 g/mol. The Morgan fingerprint density at radius 1 is 1.32 bits per heavy atom. The maximum Gasteiger partial charge on any atom is 0.307 e. The highest BCUT2D eigenvalue weighted by molar-refractivity contribution is 5.94. The number of hydrogen-bond acceptors (Lipinski definition) is 2. The highest BCUT2D eigenvalue weighted by atomic mass is 16.4. The summed E-state index contributed by atoms with van der Waals surface area (Å²) in [5.41, 5.74) is 1.41. The second-order valence-electron chi connectivity index (χ2n) is 5.60. The van der Waals surface area contributed by atoms with Crippen LogP contribution in [0.25, 0.3) is 0 Å². The van der Waals surface area contributed by atoms with Crippen molar-refractivity contribution in [1.82, 2.24) is 0 Å². The number of anilines is 1. The zero-order valence-corrected chi connectivity index (χ0v) is 10.6. The molecule has 2 aliphatic rings. The molecule has 2 atom stereocenters. The summed E-state index contributed by atoms with van der Waals surface area (Å²) < 4.78 is 0. The number of nitrogens with one attached hydrogen (secondary N) is 1. The first-order valence-corrected chi connectivity index (χ1v) is 6.75. The van der Waals surface area contributed by atoms with Gasteiger partial charge in [0.1, 0.15) is 0 Å². The van der Waals surface area contributed by atoms with E-state index in [0.717, 1.165) is 12.3 Å². The zero-order valence-electron chi connectivity index (χ0n) is 10.6. The van der Waals surface area contributed by atoms with Gasteiger partial charge < -0.3 is 10.4 Å². The maximum absolute atomic E-state index is 12.0. The first-order chi connectivity index (χ1) is 9.13. The predicted molar refractivity (Wildman–Crippen MR) is 70.7 cm³/mol. The van der Waals surface area contributed by atoms with E-state index < -0.39 is 5.97 Å². The van der Waals surface area contributed by atoms with Gasteiger partial charge in [0, 0.05) is 11.6 Å². The fourth-order valence-electron chi connectivity index (χ4n) is 2.73. The van der Waals surface area contributed by atoms with Crippen LogP contribution in [0, 0.1) is 17.8 Å². The molecule has 0 bridgehead atoms. The first kappa shape index (κ1) is 12.2. The molecule has 4 heteroatoms. The summed E-state index contributed by atoms with van der Waals surface area (Å²) in [7, 11) is 0. The molecule has 3 rings (SSSR count). The predicted octanol–water partition coefficient (Wildman–Crippen LogP) is 2.30. The minimum atomic E-state index is -0.862. The number of carboxylic acids is 1. The fourth-order valence-corrected chi connectivity index (χ4v) is 2.73. The normalized spacial score (nSPS) is 24.8. The van der Waals surface area contributed by atoms with Crippen LogP contribution >= 0.6 is 0 Å². The lowest BCUT2D eigenvalue weighted by Gasteiger charge is -2.06. The second kappa shape index (κ2) is 4.68. The van der Waals surface area contributed by atoms with E-state index in [1.165, 1.54) is 12.8 Å². The molecule has 0 unspecified atom stereocenters. The molecule has 0 radical (unpaired) electrons. The molecule has 100 valence electrons. The number of hydrogen-bond donors (Lipinski definition) is 2. The molecule has 0 aromatic heterocycles. The average molecular weight is 259 g/mol. The Morgan fingerprint density at radius 3 is 2.79 bits per heavy atom. The first-order valence-electron chi connectivity index (χ1n) is 6.75. The molecule has 1 amide bonds. The molecule has 2 saturated carbocycles. The maximum atomic E-state index is 12.0. The molecule has 2 fully saturated rings. The van der Waals surface area contributed by atoms with Crippen LogP contribution in [0.5, 0.6) is 0 Å². The summed E-state index contributed by atoms with van der Waals surface area (Å²) in [4.78, 5) is 22.7. The van der Waals surface area contributed by atoms with Gasteiger partial charge >= 0.3 is 5.97 Å². The van der Waals surface area contributed by atoms with Gasteiger partial charge in [-0.3, -0.25) is 9.59 Å². The van der Waals surface area contributed by atoms with Gasteiger partial charge in [-0.25, -0.2) is 0 Å². The molecular weight excluding hydrogens is 242 g/mol. The van der Waals surface area contributed by atoms with E-state index in [-0.39, 0.29) is 18.2 Å². The van der Waals surface area contributed by atoms with Crippen molar-refractivity contribution in [1.29, 1.82) is 0 Å². The van der Waals surface area contributed by atoms with Crippen LogP contribution < -0.4 is 5.32 Å². The van der Waals surface area contributed by atoms with Crippen LogP contribution in [0.1, 0.15) is 24.8 Å². The molecule has 0 heterocycles. The Labute approximate surface area is 111 Å². The van der Waals surface area contributed by atoms with Crippen molar-refractivity contribution in [2.75, 3.05) is 5.32 Å². The lowest BCUT2D eigenvalue weighted by Crippen LogP contribution is -2.15. The molecule has 2 aliphatic carbocycles. The number of aliphatic carboxylic acids is 1. The highest BCUT2D eigenvalue weighted by Gasteiger charge is 2.51. The molecule has 0 spiro atoms. The van der Waals surface area contributed by atoms with Gasteiger partial charge in [-0.15, -0.1) is 0 Å². The Kier molecular flexibility index (Phi) is 3.01. The summed E-state index contributed by atoms with van der Waals surface area (Å²) in [5.74, 6) is 0.788. The molecule has 19 heavy (non-hydrogen) atoms. The smallest absolute Gasteiger partial charge is 0.307 e. The van der Waals surface area contributed by atoms with Crippen LogP contribution in [0.4, 0.5) is 5.69 Å². The SMILES string of the molecule is O=C(O)Cc1cccc(NC(=O)[C@H]2C[C@@H]2C2CC2)c1. The summed E-state index contributed by atoms with van der Waals surface area (Å²) in [6.07, 6.45) is 3.56. The highest BCUT2D eigenvalue weighted by Crippen LogP contribution is 2.54. The molecular formula is C15H17NO3. The van der Waals surface area contributed by atoms with Crippen LogP contribution in [-0.4, -0.2) is 17.0 Å². The second-order valence-corrected chi connectivity index (χ2v) is 5.60. The minimum Gasteiger partial charge on any atom is -0.481 e. The Morgan fingerprint density at radius 2 is 2.11 bits per heavy atom. The quantitative estimate of drug-likeness (QED) is 0.852. The molecule has 1 aromatic carbocycles. The van der Waals surface area contributed by atoms with E-state index >= 15 is 0 Å². The van der Waals surface area contributed by atoms with Crippen molar-refractivity contribution < 1.29 is 14.7 Å². The van der Waals surface area contributed by atoms with E-state index in [9.17, 15) is 9.59 Å². The standard InChI is InChI=1S/C15H17NO3/c17-14(18)7-9-2-1-3-11(6-9)16-15(19)13-8-12(13)10-4-5-10/h1-3,6,10,12-13H,4-5,7-8H2,(H,16,19)(H,17,18)/t12-,13+/m1/s1. The number of carbonyl (C=O) groups is 2. The van der Waals surface area contributed by atoms with Gasteiger partial charge in [0.2, 0.25) is 5.91 Å². The van der Waals surface area contributed by atoms with E-state index in [1.54, 1.807) is 24.3 Å². The van der Waals surface area contributed by atoms with Crippen molar-refractivity contribution in [3.05, 3.63) is 29.8 Å². The zero-order chi connectivity index (χ0) is 13.4. The van der Waals surface area contributed by atoms with Gasteiger partial charge in [-0.1, -0.05) is 12.1 Å². The van der Waals surface area contributed by atoms with Crippen LogP contribution in [-0.2, 0) is 16.0 Å². The van der Waals surface area contributed by atoms with Gasteiger partial charge in [0.05, 0.1) is 6.42 Å².